The fraction of sp³-hybridized carbons (Fsp3) is 0.545. The molecule has 1 aromatic carbocycles. The first kappa shape index (κ1) is 18.3. The average Bonchev–Trinajstić information content (AvgIpc) is 2.94. The number of carbonyl (C=O) groups is 1. The van der Waals surface area contributed by atoms with E-state index in [0.717, 1.165) is 49.4 Å². The first-order valence-corrected chi connectivity index (χ1v) is 10.3. The first-order valence-electron chi connectivity index (χ1n) is 10.3. The van der Waals surface area contributed by atoms with Crippen LogP contribution in [0.3, 0.4) is 0 Å². The second kappa shape index (κ2) is 5.90. The van der Waals surface area contributed by atoms with Gasteiger partial charge in [0.2, 0.25) is 0 Å². The van der Waals surface area contributed by atoms with Gasteiger partial charge in [-0.15, -0.1) is 0 Å². The normalized spacial score (nSPS) is 20.0. The van der Waals surface area contributed by atoms with Crippen LogP contribution in [-0.4, -0.2) is 46.5 Å². The van der Waals surface area contributed by atoms with Crippen molar-refractivity contribution in [3.8, 4) is 11.1 Å². The largest absolute Gasteiger partial charge is 0.444 e. The van der Waals surface area contributed by atoms with E-state index in [9.17, 15) is 4.79 Å². The van der Waals surface area contributed by atoms with Crippen molar-refractivity contribution in [3.05, 3.63) is 30.1 Å². The summed E-state index contributed by atoms with van der Waals surface area (Å²) < 4.78 is 7.69. The van der Waals surface area contributed by atoms with E-state index in [1.165, 1.54) is 11.3 Å². The highest BCUT2D eigenvalue weighted by atomic mass is 16.6. The van der Waals surface area contributed by atoms with Gasteiger partial charge in [0.15, 0.2) is 0 Å². The van der Waals surface area contributed by atoms with Crippen LogP contribution in [0.2, 0.25) is 0 Å². The van der Waals surface area contributed by atoms with E-state index in [0.29, 0.717) is 6.04 Å². The van der Waals surface area contributed by atoms with Crippen molar-refractivity contribution >= 4 is 17.5 Å². The van der Waals surface area contributed by atoms with Gasteiger partial charge in [-0.25, -0.2) is 4.79 Å². The second-order valence-corrected chi connectivity index (χ2v) is 9.95. The molecule has 3 aliphatic rings. The van der Waals surface area contributed by atoms with Crippen molar-refractivity contribution in [2.24, 2.45) is 5.41 Å². The number of hydrogen-bond donors (Lipinski definition) is 1. The molecule has 1 amide bonds. The van der Waals surface area contributed by atoms with Crippen LogP contribution in [0.4, 0.5) is 16.2 Å². The lowest BCUT2D eigenvalue weighted by atomic mass is 9.60. The van der Waals surface area contributed by atoms with Gasteiger partial charge in [0.25, 0.3) is 0 Å². The molecular weight excluding hydrogens is 366 g/mol. The van der Waals surface area contributed by atoms with E-state index in [1.54, 1.807) is 0 Å². The maximum Gasteiger partial charge on any atom is 0.410 e. The van der Waals surface area contributed by atoms with Crippen LogP contribution < -0.4 is 10.6 Å². The third-order valence-electron chi connectivity index (χ3n) is 6.41. The molecule has 0 bridgehead atoms. The zero-order chi connectivity index (χ0) is 20.6. The highest BCUT2D eigenvalue weighted by Crippen LogP contribution is 2.55. The summed E-state index contributed by atoms with van der Waals surface area (Å²) in [6.07, 6.45) is 3.92. The lowest BCUT2D eigenvalue weighted by molar-refractivity contribution is -0.0932. The number of nitrogens with zero attached hydrogens (tertiary/aromatic N) is 4. The second-order valence-electron chi connectivity index (χ2n) is 9.95. The molecule has 1 saturated heterocycles. The molecule has 1 aliphatic carbocycles. The summed E-state index contributed by atoms with van der Waals surface area (Å²) in [5.74, 6) is 0. The summed E-state index contributed by atoms with van der Waals surface area (Å²) in [6, 6.07) is 6.48. The Labute approximate surface area is 171 Å². The Hall–Kier alpha value is -2.70. The number of nitrogens with two attached hydrogens (primary N) is 1. The molecule has 0 radical (unpaired) electrons. The quantitative estimate of drug-likeness (QED) is 0.746. The molecule has 0 atom stereocenters. The monoisotopic (exact) mass is 395 g/mol. The summed E-state index contributed by atoms with van der Waals surface area (Å²) in [7, 11) is 2.09. The molecule has 7 nitrogen and oxygen atoms in total. The Kier molecular flexibility index (Phi) is 3.73. The number of likely N-dealkylation sites (tertiary alicyclic amines) is 1. The third kappa shape index (κ3) is 2.86. The summed E-state index contributed by atoms with van der Waals surface area (Å²) in [4.78, 5) is 16.3. The molecule has 3 heterocycles. The van der Waals surface area contributed by atoms with Crippen molar-refractivity contribution in [1.82, 2.24) is 14.7 Å². The first-order chi connectivity index (χ1) is 13.7. The van der Waals surface area contributed by atoms with Crippen LogP contribution in [0.25, 0.3) is 11.1 Å². The molecule has 1 spiro atoms. The molecule has 1 aromatic heterocycles. The Morgan fingerprint density at radius 1 is 1.24 bits per heavy atom. The summed E-state index contributed by atoms with van der Waals surface area (Å²) in [6.45, 7) is 8.11. The maximum atomic E-state index is 12.2. The Morgan fingerprint density at radius 2 is 1.97 bits per heavy atom. The minimum atomic E-state index is -0.443. The Bertz CT molecular complexity index is 976. The number of amides is 1. The minimum absolute atomic E-state index is 0.195. The van der Waals surface area contributed by atoms with Gasteiger partial charge in [-0.1, -0.05) is 12.1 Å². The lowest BCUT2D eigenvalue weighted by Gasteiger charge is -2.58. The molecule has 2 N–H and O–H groups in total. The van der Waals surface area contributed by atoms with E-state index in [-0.39, 0.29) is 11.5 Å². The van der Waals surface area contributed by atoms with Gasteiger partial charge in [-0.2, -0.15) is 5.10 Å². The van der Waals surface area contributed by atoms with Gasteiger partial charge in [0, 0.05) is 36.7 Å². The number of ether oxygens (including phenoxy) is 1. The van der Waals surface area contributed by atoms with Crippen molar-refractivity contribution in [2.45, 2.75) is 51.8 Å². The van der Waals surface area contributed by atoms with Gasteiger partial charge in [0.1, 0.15) is 5.60 Å². The SMILES string of the molecule is CN1Cc2c(cnn2C2CC3(C2)CN(C(=O)OC(C)(C)C)C3)-c2cccc(N)c21. The standard InChI is InChI=1S/C22H29N5O2/c1-21(2,3)29-20(28)26-12-22(13-26)8-14(9-22)27-18-11-25(4)19-15(16(18)10-24-27)6-5-7-17(19)23/h5-7,10,14H,8-9,11-13,23H2,1-4H3. The van der Waals surface area contributed by atoms with Crippen molar-refractivity contribution in [1.29, 1.82) is 0 Å². The van der Waals surface area contributed by atoms with E-state index >= 15 is 0 Å². The Balaban J connectivity index is 1.29. The van der Waals surface area contributed by atoms with Crippen LogP contribution in [-0.2, 0) is 11.3 Å². The third-order valence-corrected chi connectivity index (χ3v) is 6.41. The fourth-order valence-electron chi connectivity index (χ4n) is 5.18. The van der Waals surface area contributed by atoms with Gasteiger partial charge in [0.05, 0.1) is 35.9 Å². The van der Waals surface area contributed by atoms with Crippen molar-refractivity contribution in [2.75, 3.05) is 30.8 Å². The highest BCUT2D eigenvalue weighted by molar-refractivity contribution is 5.89. The average molecular weight is 396 g/mol. The number of aromatic nitrogens is 2. The zero-order valence-corrected chi connectivity index (χ0v) is 17.6. The summed E-state index contributed by atoms with van der Waals surface area (Å²) in [5.41, 5.74) is 11.5. The number of para-hydroxylation sites is 1. The summed E-state index contributed by atoms with van der Waals surface area (Å²) >= 11 is 0. The number of hydrogen-bond acceptors (Lipinski definition) is 5. The van der Waals surface area contributed by atoms with Gasteiger partial charge < -0.3 is 20.3 Å². The molecule has 2 fully saturated rings. The topological polar surface area (TPSA) is 76.6 Å². The van der Waals surface area contributed by atoms with Crippen molar-refractivity contribution < 1.29 is 9.53 Å². The lowest BCUT2D eigenvalue weighted by Crippen LogP contribution is -2.64. The van der Waals surface area contributed by atoms with E-state index in [4.69, 9.17) is 15.6 Å². The molecule has 2 aromatic rings. The highest BCUT2D eigenvalue weighted by Gasteiger charge is 2.55. The number of carbonyl (C=O) groups excluding carboxylic acids is 1. The molecule has 2 aliphatic heterocycles. The van der Waals surface area contributed by atoms with Gasteiger partial charge in [-0.05, 0) is 39.7 Å². The maximum absolute atomic E-state index is 12.2. The van der Waals surface area contributed by atoms with Gasteiger partial charge in [-0.3, -0.25) is 4.68 Å². The smallest absolute Gasteiger partial charge is 0.410 e. The number of anilines is 2. The van der Waals surface area contributed by atoms with Gasteiger partial charge >= 0.3 is 6.09 Å². The van der Waals surface area contributed by atoms with Crippen LogP contribution in [0.5, 0.6) is 0 Å². The molecule has 1 saturated carbocycles. The molecule has 29 heavy (non-hydrogen) atoms. The van der Waals surface area contributed by atoms with Crippen molar-refractivity contribution in [3.63, 3.8) is 0 Å². The minimum Gasteiger partial charge on any atom is -0.444 e. The zero-order valence-electron chi connectivity index (χ0n) is 17.6. The van der Waals surface area contributed by atoms with E-state index in [1.807, 2.05) is 44.0 Å². The van der Waals surface area contributed by atoms with E-state index in [2.05, 4.69) is 22.7 Å². The molecule has 7 heteroatoms. The number of fused-ring (bicyclic) bond motifs is 3. The molecule has 154 valence electrons. The predicted molar refractivity (Wildman–Crippen MR) is 113 cm³/mol. The number of nitrogen functional groups attached to an aromatic ring is 1. The number of benzene rings is 1. The van der Waals surface area contributed by atoms with Crippen LogP contribution in [0.15, 0.2) is 24.4 Å². The molecule has 5 rings (SSSR count). The van der Waals surface area contributed by atoms with Crippen LogP contribution >= 0.6 is 0 Å². The van der Waals surface area contributed by atoms with Crippen LogP contribution in [0.1, 0.15) is 45.3 Å². The van der Waals surface area contributed by atoms with E-state index < -0.39 is 5.60 Å². The predicted octanol–water partition coefficient (Wildman–Crippen LogP) is 3.65. The number of rotatable bonds is 1. The van der Waals surface area contributed by atoms with Crippen LogP contribution in [0, 0.1) is 5.41 Å². The fourth-order valence-corrected chi connectivity index (χ4v) is 5.18. The Morgan fingerprint density at radius 3 is 2.66 bits per heavy atom. The summed E-state index contributed by atoms with van der Waals surface area (Å²) in [5, 5.41) is 4.75. The molecular formula is C22H29N5O2. The molecule has 0 unspecified atom stereocenters.